The number of hydrogen-bond donors (Lipinski definition) is 10. The molecule has 0 bridgehead atoms. The fourth-order valence-corrected chi connectivity index (χ4v) is 7.86. The van der Waals surface area contributed by atoms with Crippen molar-refractivity contribution in [1.82, 2.24) is 51.4 Å². The fraction of sp³-hybridized carbons (Fsp3) is 0.562. The molecule has 1 fully saturated rings. The van der Waals surface area contributed by atoms with Crippen LogP contribution in [-0.4, -0.2) is 168 Å². The highest BCUT2D eigenvalue weighted by Gasteiger charge is 2.43. The summed E-state index contributed by atoms with van der Waals surface area (Å²) in [6, 6.07) is -3.13. The Hall–Kier alpha value is -8.33. The first-order chi connectivity index (χ1) is 35.5. The van der Waals surface area contributed by atoms with Gasteiger partial charge in [0.25, 0.3) is 0 Å². The van der Waals surface area contributed by atoms with E-state index in [-0.39, 0.29) is 55.5 Å². The lowest BCUT2D eigenvalue weighted by Gasteiger charge is -2.32. The summed E-state index contributed by atoms with van der Waals surface area (Å²) in [7, 11) is 1.17. The number of carboxylic acid groups (broad SMARTS) is 1. The van der Waals surface area contributed by atoms with E-state index >= 15 is 0 Å². The molecule has 0 saturated carbocycles. The Bertz CT molecular complexity index is 2440. The van der Waals surface area contributed by atoms with Crippen molar-refractivity contribution in [2.75, 3.05) is 26.7 Å². The van der Waals surface area contributed by atoms with Crippen molar-refractivity contribution in [3.63, 3.8) is 0 Å². The van der Waals surface area contributed by atoms with E-state index in [9.17, 15) is 63.5 Å². The second kappa shape index (κ2) is 28.4. The number of aromatic hydroxyl groups is 1. The molecule has 2 heterocycles. The van der Waals surface area contributed by atoms with Gasteiger partial charge in [0.05, 0.1) is 6.33 Å². The van der Waals surface area contributed by atoms with E-state index in [0.29, 0.717) is 24.1 Å². The van der Waals surface area contributed by atoms with Gasteiger partial charge in [-0.3, -0.25) is 38.6 Å². The van der Waals surface area contributed by atoms with Crippen molar-refractivity contribution in [3.8, 4) is 5.75 Å². The maximum atomic E-state index is 14.6. The van der Waals surface area contributed by atoms with Crippen molar-refractivity contribution >= 4 is 59.4 Å². The van der Waals surface area contributed by atoms with Crippen LogP contribution in [0.3, 0.4) is 0 Å². The smallest absolute Gasteiger partial charge is 0.410 e. The molecule has 28 nitrogen and oxygen atoms in total. The molecule has 0 aliphatic carbocycles. The predicted molar refractivity (Wildman–Crippen MR) is 272 cm³/mol. The third kappa shape index (κ3) is 18.9. The lowest BCUT2D eigenvalue weighted by Crippen LogP contribution is -2.62. The highest BCUT2D eigenvalue weighted by atomic mass is 16.7. The highest BCUT2D eigenvalue weighted by Crippen LogP contribution is 2.22. The van der Waals surface area contributed by atoms with E-state index in [2.05, 4.69) is 48.1 Å². The van der Waals surface area contributed by atoms with E-state index in [0.717, 1.165) is 4.90 Å². The van der Waals surface area contributed by atoms with Gasteiger partial charge in [-0.2, -0.15) is 0 Å². The Morgan fingerprint density at radius 2 is 1.58 bits per heavy atom. The van der Waals surface area contributed by atoms with Crippen molar-refractivity contribution in [1.29, 1.82) is 0 Å². The van der Waals surface area contributed by atoms with Gasteiger partial charge in [0.15, 0.2) is 17.0 Å². The van der Waals surface area contributed by atoms with Crippen LogP contribution in [0.1, 0.15) is 91.8 Å². The number of aliphatic imine (C=N–C) groups is 1. The Morgan fingerprint density at radius 3 is 2.13 bits per heavy atom. The number of ether oxygens (including phenoxy) is 1. The molecule has 28 heteroatoms. The average molecular weight is 1070 g/mol. The number of aliphatic carboxylic acids is 1. The number of likely N-dealkylation sites (N-methyl/N-ethyl adjacent to an activating group) is 1. The number of nitrogens with zero attached hydrogens (tertiary/aromatic N) is 6. The molecule has 1 aliphatic rings. The molecule has 1 aromatic carbocycles. The van der Waals surface area contributed by atoms with Crippen LogP contribution < -0.4 is 38.1 Å². The molecule has 7 atom stereocenters. The van der Waals surface area contributed by atoms with Crippen LogP contribution in [0.2, 0.25) is 0 Å². The van der Waals surface area contributed by atoms with Gasteiger partial charge in [0.2, 0.25) is 35.4 Å². The van der Waals surface area contributed by atoms with Crippen LogP contribution >= 0.6 is 0 Å². The third-order valence-corrected chi connectivity index (χ3v) is 12.1. The molecular formula is C48H72N14O14. The van der Waals surface area contributed by atoms with Crippen molar-refractivity contribution in [3.05, 3.63) is 70.4 Å². The maximum Gasteiger partial charge on any atom is 0.410 e. The first-order valence-electron chi connectivity index (χ1n) is 24.5. The number of H-pyrrole nitrogens is 1. The minimum atomic E-state index is -1.90. The summed E-state index contributed by atoms with van der Waals surface area (Å²) in [5.41, 5.74) is 10.2. The van der Waals surface area contributed by atoms with E-state index in [4.69, 9.17) is 16.2 Å². The maximum absolute atomic E-state index is 14.6. The standard InChI is InChI=1S/C48H72N14O14/c1-10-27(4)38(43(69)56-33(22-30-23-51-25-53-30)44(70)60-20-12-14-34(60)40(66)54-28(5)45(71)72)58-39(65)32(21-29-15-17-31(63)18-16-29)55-42(68)37(26(2)3)57-41(67)35(13-11-19-52-46(49)50)61(62(74)75)36(64)24-59(9)47(73)76-48(6,7)8/h15-18,23,25-27,32-35,37-38,63H,5,10-14,19-22,24H2,1-4,6-9H3,(H,51,53)(H,54,66)(H,55,68)(H,56,69)(H,57,67)(H,58,65)(H,71,72)(H4,49,50,52)/t27-,32-,33-,34-,35-,37-,38-/m0/s1. The zero-order valence-electron chi connectivity index (χ0n) is 44.0. The zero-order chi connectivity index (χ0) is 57.2. The number of likely N-dealkylation sites (tertiary alicyclic amines) is 1. The van der Waals surface area contributed by atoms with E-state index in [1.807, 2.05) is 0 Å². The number of nitrogens with one attached hydrogen (secondary N) is 6. The Labute approximate surface area is 439 Å². The number of guanidine groups is 1. The Morgan fingerprint density at radius 1 is 0.961 bits per heavy atom. The summed E-state index contributed by atoms with van der Waals surface area (Å²) in [5.74, 6) is -9.91. The first kappa shape index (κ1) is 62.0. The number of rotatable bonds is 27. The molecule has 1 saturated heterocycles. The van der Waals surface area contributed by atoms with Crippen molar-refractivity contribution in [2.24, 2.45) is 28.3 Å². The molecule has 76 heavy (non-hydrogen) atoms. The van der Waals surface area contributed by atoms with Gasteiger partial charge in [-0.15, -0.1) is 0 Å². The number of benzene rings is 1. The van der Waals surface area contributed by atoms with E-state index in [1.165, 1.54) is 62.6 Å². The first-order valence-corrected chi connectivity index (χ1v) is 24.5. The number of amides is 8. The summed E-state index contributed by atoms with van der Waals surface area (Å²) < 4.78 is 5.26. The minimum Gasteiger partial charge on any atom is -0.508 e. The highest BCUT2D eigenvalue weighted by molar-refractivity contribution is 5.99. The van der Waals surface area contributed by atoms with Gasteiger partial charge >= 0.3 is 18.0 Å². The topological polar surface area (TPSA) is 409 Å². The number of phenols is 1. The number of carbonyl (C=O) groups excluding carboxylic acids is 8. The summed E-state index contributed by atoms with van der Waals surface area (Å²) in [6.07, 6.45) is 1.79. The van der Waals surface area contributed by atoms with Gasteiger partial charge in [0, 0.05) is 44.9 Å². The van der Waals surface area contributed by atoms with E-state index < -0.39 is 131 Å². The molecule has 418 valence electrons. The summed E-state index contributed by atoms with van der Waals surface area (Å²) in [5, 5.41) is 43.6. The zero-order valence-corrected chi connectivity index (χ0v) is 44.0. The number of imidazole rings is 1. The van der Waals surface area contributed by atoms with E-state index in [1.54, 1.807) is 34.6 Å². The Balaban J connectivity index is 1.99. The normalized spacial score (nSPS) is 15.5. The number of hydrogen-bond acceptors (Lipinski definition) is 15. The molecule has 1 aliphatic heterocycles. The van der Waals surface area contributed by atoms with Gasteiger partial charge < -0.3 is 67.8 Å². The quantitative estimate of drug-likeness (QED) is 0.0135. The summed E-state index contributed by atoms with van der Waals surface area (Å²) >= 11 is 0. The second-order valence-electron chi connectivity index (χ2n) is 19.6. The monoisotopic (exact) mass is 1070 g/mol. The molecule has 3 rings (SSSR count). The SMILES string of the molecule is C=C(NC(=O)[C@@H]1CCCN1C(=O)[C@H](Cc1cnc[nH]1)NC(=O)[C@@H](NC(=O)[C@H](Cc1ccc(O)cc1)NC(=O)[C@@H](NC(=O)[C@H](CCCN=C(N)N)N(C(=O)CN(C)C(=O)OC(C)(C)C)[N+](=O)[O-])C(C)C)[C@@H](C)CC)C(=O)O. The number of nitrogens with two attached hydrogens (primary N) is 2. The van der Waals surface area contributed by atoms with Crippen LogP contribution in [0.15, 0.2) is 54.1 Å². The predicted octanol–water partition coefficient (Wildman–Crippen LogP) is -0.443. The van der Waals surface area contributed by atoms with Crippen LogP contribution in [0.5, 0.6) is 5.75 Å². The Kier molecular flexibility index (Phi) is 23.1. The lowest BCUT2D eigenvalue weighted by molar-refractivity contribution is -0.640. The molecular weight excluding hydrogens is 997 g/mol. The lowest BCUT2D eigenvalue weighted by atomic mass is 9.96. The second-order valence-corrected chi connectivity index (χ2v) is 19.6. The molecule has 2 aromatic rings. The van der Waals surface area contributed by atoms with Crippen LogP contribution in [-0.2, 0) is 55.9 Å². The van der Waals surface area contributed by atoms with Crippen LogP contribution in [0.4, 0.5) is 4.79 Å². The molecule has 1 aromatic heterocycles. The number of aromatic amines is 1. The molecule has 0 radical (unpaired) electrons. The minimum absolute atomic E-state index is 0.0370. The number of carbonyl (C=O) groups is 9. The summed E-state index contributed by atoms with van der Waals surface area (Å²) in [6.45, 7) is 13.6. The number of nitro groups is 1. The van der Waals surface area contributed by atoms with Crippen LogP contribution in [0, 0.1) is 22.0 Å². The number of phenolic OH excluding ortho intramolecular Hbond substituents is 1. The fourth-order valence-electron chi connectivity index (χ4n) is 7.86. The molecule has 0 spiro atoms. The average Bonchev–Trinajstić information content (AvgIpc) is 4.05. The number of carboxylic acids is 1. The summed E-state index contributed by atoms with van der Waals surface area (Å²) in [4.78, 5) is 148. The van der Waals surface area contributed by atoms with Crippen molar-refractivity contribution in [2.45, 2.75) is 135 Å². The van der Waals surface area contributed by atoms with Gasteiger partial charge in [-0.1, -0.05) is 52.8 Å². The largest absolute Gasteiger partial charge is 0.508 e. The molecule has 0 unspecified atom stereocenters. The number of aromatic nitrogens is 2. The van der Waals surface area contributed by atoms with Gasteiger partial charge in [-0.25, -0.2) is 24.7 Å². The molecule has 8 amide bonds. The van der Waals surface area contributed by atoms with Gasteiger partial charge in [-0.05, 0) is 81.0 Å². The van der Waals surface area contributed by atoms with Gasteiger partial charge in [0.1, 0.15) is 53.8 Å². The molecule has 12 N–H and O–H groups in total. The van der Waals surface area contributed by atoms with Crippen LogP contribution in [0.25, 0.3) is 0 Å². The van der Waals surface area contributed by atoms with Crippen molar-refractivity contribution < 1.29 is 63.1 Å². The number of hydrazine groups is 1. The third-order valence-electron chi connectivity index (χ3n) is 12.1.